The van der Waals surface area contributed by atoms with Crippen LogP contribution in [0.5, 0.6) is 0 Å². The Morgan fingerprint density at radius 3 is 2.43 bits per heavy atom. The number of hydrogen-bond acceptors (Lipinski definition) is 4. The number of pyridine rings is 1. The lowest BCUT2D eigenvalue weighted by atomic mass is 9.93. The first-order chi connectivity index (χ1) is 11.0. The van der Waals surface area contributed by atoms with Gasteiger partial charge in [0.05, 0.1) is 6.61 Å². The number of aliphatic carboxylic acids is 1. The van der Waals surface area contributed by atoms with Crippen LogP contribution in [0.1, 0.15) is 63.1 Å². The van der Waals surface area contributed by atoms with Crippen LogP contribution in [0.4, 0.5) is 0 Å². The van der Waals surface area contributed by atoms with Gasteiger partial charge in [-0.3, -0.25) is 9.78 Å². The molecule has 1 atom stereocenters. The Kier molecular flexibility index (Phi) is 8.81. The SMILES string of the molecule is CCCCCCCCc1ccc(CCC(N)(CO)C(=O)O)cn1. The fourth-order valence-corrected chi connectivity index (χ4v) is 2.46. The molecule has 0 aliphatic rings. The lowest BCUT2D eigenvalue weighted by Gasteiger charge is -2.21. The highest BCUT2D eigenvalue weighted by atomic mass is 16.4. The predicted octanol–water partition coefficient (Wildman–Crippen LogP) is 2.69. The second-order valence-electron chi connectivity index (χ2n) is 6.29. The van der Waals surface area contributed by atoms with Gasteiger partial charge in [0.1, 0.15) is 5.54 Å². The number of aliphatic hydroxyl groups excluding tert-OH is 1. The average molecular weight is 322 g/mol. The number of aromatic nitrogens is 1. The van der Waals surface area contributed by atoms with E-state index in [1.54, 1.807) is 6.20 Å². The molecule has 0 radical (unpaired) electrons. The summed E-state index contributed by atoms with van der Waals surface area (Å²) in [6, 6.07) is 3.97. The number of aryl methyl sites for hydroxylation is 2. The molecule has 130 valence electrons. The Morgan fingerprint density at radius 1 is 1.17 bits per heavy atom. The van der Waals surface area contributed by atoms with Crippen molar-refractivity contribution in [3.8, 4) is 0 Å². The molecule has 0 aliphatic carbocycles. The topological polar surface area (TPSA) is 96.4 Å². The Morgan fingerprint density at radius 2 is 1.87 bits per heavy atom. The van der Waals surface area contributed by atoms with Crippen molar-refractivity contribution < 1.29 is 15.0 Å². The monoisotopic (exact) mass is 322 g/mol. The number of unbranched alkanes of at least 4 members (excludes halogenated alkanes) is 5. The van der Waals surface area contributed by atoms with E-state index in [0.29, 0.717) is 6.42 Å². The molecule has 0 spiro atoms. The van der Waals surface area contributed by atoms with Crippen molar-refractivity contribution in [2.45, 2.75) is 70.3 Å². The summed E-state index contributed by atoms with van der Waals surface area (Å²) in [6.07, 6.45) is 11.1. The molecule has 0 aromatic carbocycles. The van der Waals surface area contributed by atoms with E-state index in [1.807, 2.05) is 12.1 Å². The Balaban J connectivity index is 2.34. The molecule has 5 heteroatoms. The molecule has 0 bridgehead atoms. The van der Waals surface area contributed by atoms with Gasteiger partial charge >= 0.3 is 5.97 Å². The van der Waals surface area contributed by atoms with Gasteiger partial charge in [-0.05, 0) is 37.3 Å². The molecule has 1 unspecified atom stereocenters. The lowest BCUT2D eigenvalue weighted by molar-refractivity contribution is -0.145. The quantitative estimate of drug-likeness (QED) is 0.514. The second kappa shape index (κ2) is 10.3. The van der Waals surface area contributed by atoms with Crippen molar-refractivity contribution in [3.05, 3.63) is 29.6 Å². The molecular weight excluding hydrogens is 292 g/mol. The van der Waals surface area contributed by atoms with Gasteiger partial charge in [-0.1, -0.05) is 45.1 Å². The van der Waals surface area contributed by atoms with Crippen molar-refractivity contribution in [1.82, 2.24) is 4.98 Å². The first-order valence-electron chi connectivity index (χ1n) is 8.59. The van der Waals surface area contributed by atoms with E-state index in [2.05, 4.69) is 11.9 Å². The number of nitrogens with zero attached hydrogens (tertiary/aromatic N) is 1. The molecule has 1 heterocycles. The molecule has 0 saturated heterocycles. The molecule has 0 amide bonds. The van der Waals surface area contributed by atoms with Crippen molar-refractivity contribution in [3.63, 3.8) is 0 Å². The van der Waals surface area contributed by atoms with Gasteiger partial charge in [0.2, 0.25) is 0 Å². The molecule has 5 nitrogen and oxygen atoms in total. The zero-order valence-electron chi connectivity index (χ0n) is 14.1. The molecular formula is C18H30N2O3. The van der Waals surface area contributed by atoms with Crippen LogP contribution in [0.3, 0.4) is 0 Å². The van der Waals surface area contributed by atoms with Crippen LogP contribution in [0.15, 0.2) is 18.3 Å². The van der Waals surface area contributed by atoms with Gasteiger partial charge in [0.25, 0.3) is 0 Å². The molecule has 0 saturated carbocycles. The molecule has 23 heavy (non-hydrogen) atoms. The normalized spacial score (nSPS) is 13.7. The first-order valence-corrected chi connectivity index (χ1v) is 8.59. The molecule has 0 fully saturated rings. The van der Waals surface area contributed by atoms with E-state index < -0.39 is 18.1 Å². The molecule has 1 aromatic heterocycles. The van der Waals surface area contributed by atoms with Crippen LogP contribution in [0, 0.1) is 0 Å². The van der Waals surface area contributed by atoms with Crippen molar-refractivity contribution in [1.29, 1.82) is 0 Å². The summed E-state index contributed by atoms with van der Waals surface area (Å²) in [5.74, 6) is -1.17. The predicted molar refractivity (Wildman–Crippen MR) is 91.3 cm³/mol. The summed E-state index contributed by atoms with van der Waals surface area (Å²) >= 11 is 0. The lowest BCUT2D eigenvalue weighted by Crippen LogP contribution is -2.51. The minimum absolute atomic E-state index is 0.192. The largest absolute Gasteiger partial charge is 0.480 e. The van der Waals surface area contributed by atoms with Crippen LogP contribution in [0.25, 0.3) is 0 Å². The average Bonchev–Trinajstić information content (AvgIpc) is 2.56. The number of nitrogens with two attached hydrogens (primary N) is 1. The highest BCUT2D eigenvalue weighted by Crippen LogP contribution is 2.13. The molecule has 4 N–H and O–H groups in total. The van der Waals surface area contributed by atoms with E-state index in [4.69, 9.17) is 15.9 Å². The fourth-order valence-electron chi connectivity index (χ4n) is 2.46. The van der Waals surface area contributed by atoms with Crippen LogP contribution in [-0.4, -0.2) is 33.3 Å². The first kappa shape index (κ1) is 19.6. The Bertz CT molecular complexity index is 462. The maximum atomic E-state index is 11.0. The number of aliphatic hydroxyl groups is 1. The smallest absolute Gasteiger partial charge is 0.326 e. The van der Waals surface area contributed by atoms with E-state index in [9.17, 15) is 4.79 Å². The molecule has 1 aromatic rings. The van der Waals surface area contributed by atoms with Gasteiger partial charge in [-0.2, -0.15) is 0 Å². The maximum Gasteiger partial charge on any atom is 0.326 e. The third-order valence-electron chi connectivity index (χ3n) is 4.24. The third-order valence-corrected chi connectivity index (χ3v) is 4.24. The van der Waals surface area contributed by atoms with Gasteiger partial charge < -0.3 is 15.9 Å². The van der Waals surface area contributed by atoms with Crippen LogP contribution >= 0.6 is 0 Å². The zero-order valence-corrected chi connectivity index (χ0v) is 14.1. The summed E-state index contributed by atoms with van der Waals surface area (Å²) in [7, 11) is 0. The number of carboxylic acids is 1. The van der Waals surface area contributed by atoms with Crippen LogP contribution < -0.4 is 5.73 Å². The van der Waals surface area contributed by atoms with Crippen molar-refractivity contribution in [2.75, 3.05) is 6.61 Å². The van der Waals surface area contributed by atoms with Crippen LogP contribution in [-0.2, 0) is 17.6 Å². The summed E-state index contributed by atoms with van der Waals surface area (Å²) < 4.78 is 0. The van der Waals surface area contributed by atoms with E-state index in [0.717, 1.165) is 24.1 Å². The minimum atomic E-state index is -1.57. The van der Waals surface area contributed by atoms with E-state index in [-0.39, 0.29) is 6.42 Å². The number of rotatable bonds is 12. The van der Waals surface area contributed by atoms with Gasteiger partial charge in [-0.25, -0.2) is 0 Å². The molecule has 0 aliphatic heterocycles. The maximum absolute atomic E-state index is 11.0. The fraction of sp³-hybridized carbons (Fsp3) is 0.667. The number of carboxylic acid groups (broad SMARTS) is 1. The second-order valence-corrected chi connectivity index (χ2v) is 6.29. The standard InChI is InChI=1S/C18H30N2O3/c1-2-3-4-5-6-7-8-16-10-9-15(13-20-16)11-12-18(19,14-21)17(22)23/h9-10,13,21H,2-8,11-12,14,19H2,1H3,(H,22,23). The summed E-state index contributed by atoms with van der Waals surface area (Å²) in [6.45, 7) is 1.66. The van der Waals surface area contributed by atoms with Gasteiger partial charge in [0, 0.05) is 11.9 Å². The highest BCUT2D eigenvalue weighted by Gasteiger charge is 2.32. The molecule has 1 rings (SSSR count). The van der Waals surface area contributed by atoms with Crippen LogP contribution in [0.2, 0.25) is 0 Å². The van der Waals surface area contributed by atoms with Gasteiger partial charge in [0.15, 0.2) is 0 Å². The van der Waals surface area contributed by atoms with E-state index in [1.165, 1.54) is 32.1 Å². The number of carbonyl (C=O) groups is 1. The summed E-state index contributed by atoms with van der Waals surface area (Å²) in [5.41, 5.74) is 6.11. The summed E-state index contributed by atoms with van der Waals surface area (Å²) in [4.78, 5) is 15.5. The Labute approximate surface area is 138 Å². The van der Waals surface area contributed by atoms with Crippen molar-refractivity contribution in [2.24, 2.45) is 5.73 Å². The number of hydrogen-bond donors (Lipinski definition) is 3. The minimum Gasteiger partial charge on any atom is -0.480 e. The Hall–Kier alpha value is -1.46. The highest BCUT2D eigenvalue weighted by molar-refractivity contribution is 5.78. The third kappa shape index (κ3) is 7.10. The summed E-state index contributed by atoms with van der Waals surface area (Å²) in [5, 5.41) is 18.2. The van der Waals surface area contributed by atoms with E-state index >= 15 is 0 Å². The zero-order chi connectivity index (χ0) is 17.1. The van der Waals surface area contributed by atoms with Gasteiger partial charge in [-0.15, -0.1) is 0 Å². The van der Waals surface area contributed by atoms with Crippen molar-refractivity contribution >= 4 is 5.97 Å².